The lowest BCUT2D eigenvalue weighted by Gasteiger charge is -2.26. The number of esters is 1. The Balaban J connectivity index is 2.22. The van der Waals surface area contributed by atoms with Gasteiger partial charge in [-0.3, -0.25) is 0 Å². The van der Waals surface area contributed by atoms with Crippen molar-refractivity contribution >= 4 is 12.1 Å². The van der Waals surface area contributed by atoms with Crippen molar-refractivity contribution in [2.75, 3.05) is 6.61 Å². The van der Waals surface area contributed by atoms with E-state index in [1.54, 1.807) is 6.92 Å². The highest BCUT2D eigenvalue weighted by Gasteiger charge is 2.26. The van der Waals surface area contributed by atoms with Crippen molar-refractivity contribution < 1.29 is 19.1 Å². The van der Waals surface area contributed by atoms with E-state index in [4.69, 9.17) is 5.73 Å². The van der Waals surface area contributed by atoms with Gasteiger partial charge in [0.05, 0.1) is 6.61 Å². The normalized spacial score (nSPS) is 17.7. The molecule has 0 aromatic rings. The predicted molar refractivity (Wildman–Crippen MR) is 53.0 cm³/mol. The molecule has 0 spiro atoms. The third-order valence-electron chi connectivity index (χ3n) is 2.56. The Kier molecular flexibility index (Phi) is 4.55. The van der Waals surface area contributed by atoms with Gasteiger partial charge in [0.2, 0.25) is 0 Å². The second-order valence-corrected chi connectivity index (χ2v) is 3.74. The highest BCUT2D eigenvalue weighted by atomic mass is 16.7. The molecule has 2 N–H and O–H groups in total. The summed E-state index contributed by atoms with van der Waals surface area (Å²) < 4.78 is 8.87. The predicted octanol–water partition coefficient (Wildman–Crippen LogP) is 1.20. The zero-order chi connectivity index (χ0) is 11.3. The first-order valence-electron chi connectivity index (χ1n) is 5.27. The maximum absolute atomic E-state index is 11.3. The van der Waals surface area contributed by atoms with Crippen LogP contribution in [0, 0.1) is 5.92 Å². The average Bonchev–Trinajstić information content (AvgIpc) is 2.11. The fourth-order valence-electron chi connectivity index (χ4n) is 1.49. The molecule has 1 rings (SSSR count). The standard InChI is InChI=1S/C10H17NO4/c1-2-14-10(13)15-9(12)8(11)6-7-4-3-5-7/h7-8H,2-6,11H2,1H3. The molecule has 1 unspecified atom stereocenters. The van der Waals surface area contributed by atoms with Gasteiger partial charge >= 0.3 is 12.1 Å². The summed E-state index contributed by atoms with van der Waals surface area (Å²) in [6, 6.07) is -0.709. The molecular weight excluding hydrogens is 198 g/mol. The van der Waals surface area contributed by atoms with Crippen molar-refractivity contribution in [3.05, 3.63) is 0 Å². The molecule has 1 aliphatic carbocycles. The van der Waals surface area contributed by atoms with Crippen LogP contribution in [-0.2, 0) is 14.3 Å². The van der Waals surface area contributed by atoms with E-state index in [0.717, 1.165) is 12.8 Å². The number of rotatable bonds is 4. The van der Waals surface area contributed by atoms with E-state index >= 15 is 0 Å². The first kappa shape index (κ1) is 12.0. The molecule has 1 fully saturated rings. The van der Waals surface area contributed by atoms with Crippen molar-refractivity contribution in [3.8, 4) is 0 Å². The number of ether oxygens (including phenoxy) is 2. The van der Waals surface area contributed by atoms with Crippen molar-refractivity contribution in [1.82, 2.24) is 0 Å². The van der Waals surface area contributed by atoms with Gasteiger partial charge in [0.15, 0.2) is 0 Å². The number of hydrogen-bond donors (Lipinski definition) is 1. The Morgan fingerprint density at radius 3 is 2.60 bits per heavy atom. The monoisotopic (exact) mass is 215 g/mol. The molecule has 0 amide bonds. The van der Waals surface area contributed by atoms with E-state index in [1.807, 2.05) is 0 Å². The lowest BCUT2D eigenvalue weighted by Crippen LogP contribution is -2.36. The molecule has 86 valence electrons. The molecule has 0 aromatic carbocycles. The summed E-state index contributed by atoms with van der Waals surface area (Å²) in [5.41, 5.74) is 5.59. The zero-order valence-corrected chi connectivity index (χ0v) is 8.90. The highest BCUT2D eigenvalue weighted by molar-refractivity contribution is 5.85. The van der Waals surface area contributed by atoms with E-state index in [1.165, 1.54) is 6.42 Å². The molecule has 5 nitrogen and oxygen atoms in total. The number of carbonyl (C=O) groups excluding carboxylic acids is 2. The van der Waals surface area contributed by atoms with Crippen LogP contribution in [0.3, 0.4) is 0 Å². The van der Waals surface area contributed by atoms with Gasteiger partial charge < -0.3 is 15.2 Å². The summed E-state index contributed by atoms with van der Waals surface area (Å²) >= 11 is 0. The largest absolute Gasteiger partial charge is 0.516 e. The molecular formula is C10H17NO4. The van der Waals surface area contributed by atoms with Gasteiger partial charge in [0.1, 0.15) is 6.04 Å². The molecule has 15 heavy (non-hydrogen) atoms. The van der Waals surface area contributed by atoms with Crippen LogP contribution in [-0.4, -0.2) is 24.8 Å². The molecule has 0 aliphatic heterocycles. The van der Waals surface area contributed by atoms with Crippen LogP contribution in [0.1, 0.15) is 32.6 Å². The van der Waals surface area contributed by atoms with Crippen LogP contribution in [0.25, 0.3) is 0 Å². The van der Waals surface area contributed by atoms with Crippen molar-refractivity contribution in [2.24, 2.45) is 11.7 Å². The minimum Gasteiger partial charge on any atom is -0.434 e. The second-order valence-electron chi connectivity index (χ2n) is 3.74. The number of carbonyl (C=O) groups is 2. The summed E-state index contributed by atoms with van der Waals surface area (Å²) in [4.78, 5) is 22.1. The first-order valence-corrected chi connectivity index (χ1v) is 5.27. The zero-order valence-electron chi connectivity index (χ0n) is 8.90. The molecule has 0 radical (unpaired) electrons. The number of nitrogens with two attached hydrogens (primary N) is 1. The van der Waals surface area contributed by atoms with E-state index in [0.29, 0.717) is 12.3 Å². The Morgan fingerprint density at radius 1 is 1.47 bits per heavy atom. The van der Waals surface area contributed by atoms with Gasteiger partial charge in [0.25, 0.3) is 0 Å². The van der Waals surface area contributed by atoms with Crippen molar-refractivity contribution in [1.29, 1.82) is 0 Å². The Morgan fingerprint density at radius 2 is 2.13 bits per heavy atom. The first-order chi connectivity index (χ1) is 7.13. The van der Waals surface area contributed by atoms with Crippen LogP contribution >= 0.6 is 0 Å². The van der Waals surface area contributed by atoms with Crippen LogP contribution in [0.15, 0.2) is 0 Å². The Hall–Kier alpha value is -1.10. The Bertz CT molecular complexity index is 238. The van der Waals surface area contributed by atoms with Gasteiger partial charge in [-0.05, 0) is 19.3 Å². The van der Waals surface area contributed by atoms with E-state index in [-0.39, 0.29) is 6.61 Å². The van der Waals surface area contributed by atoms with Gasteiger partial charge in [0, 0.05) is 0 Å². The minimum absolute atomic E-state index is 0.185. The quantitative estimate of drug-likeness (QED) is 0.563. The van der Waals surface area contributed by atoms with Gasteiger partial charge in [-0.15, -0.1) is 0 Å². The fourth-order valence-corrected chi connectivity index (χ4v) is 1.49. The van der Waals surface area contributed by atoms with Crippen molar-refractivity contribution in [3.63, 3.8) is 0 Å². The summed E-state index contributed by atoms with van der Waals surface area (Å²) in [5, 5.41) is 0. The van der Waals surface area contributed by atoms with Crippen LogP contribution in [0.4, 0.5) is 4.79 Å². The van der Waals surface area contributed by atoms with Gasteiger partial charge in [-0.2, -0.15) is 0 Å². The molecule has 5 heteroatoms. The average molecular weight is 215 g/mol. The third-order valence-corrected chi connectivity index (χ3v) is 2.56. The summed E-state index contributed by atoms with van der Waals surface area (Å²) in [6.07, 6.45) is 3.05. The van der Waals surface area contributed by atoms with Crippen molar-refractivity contribution in [2.45, 2.75) is 38.6 Å². The topological polar surface area (TPSA) is 78.6 Å². The lowest BCUT2D eigenvalue weighted by atomic mass is 9.81. The number of hydrogen-bond acceptors (Lipinski definition) is 5. The molecule has 0 aromatic heterocycles. The van der Waals surface area contributed by atoms with Crippen LogP contribution in [0.2, 0.25) is 0 Å². The Labute approximate surface area is 88.9 Å². The maximum atomic E-state index is 11.3. The molecule has 0 bridgehead atoms. The third kappa shape index (κ3) is 3.87. The van der Waals surface area contributed by atoms with Crippen LogP contribution < -0.4 is 5.73 Å². The van der Waals surface area contributed by atoms with E-state index in [9.17, 15) is 9.59 Å². The lowest BCUT2D eigenvalue weighted by molar-refractivity contribution is -0.141. The smallest absolute Gasteiger partial charge is 0.434 e. The molecule has 1 saturated carbocycles. The molecule has 0 saturated heterocycles. The molecule has 0 heterocycles. The summed E-state index contributed by atoms with van der Waals surface area (Å²) in [7, 11) is 0. The fraction of sp³-hybridized carbons (Fsp3) is 0.800. The SMILES string of the molecule is CCOC(=O)OC(=O)C(N)CC1CCC1. The maximum Gasteiger partial charge on any atom is 0.516 e. The van der Waals surface area contributed by atoms with E-state index in [2.05, 4.69) is 9.47 Å². The molecule has 1 atom stereocenters. The molecule has 1 aliphatic rings. The second kappa shape index (κ2) is 5.70. The van der Waals surface area contributed by atoms with E-state index < -0.39 is 18.2 Å². The summed E-state index contributed by atoms with van der Waals surface area (Å²) in [6.45, 7) is 1.82. The van der Waals surface area contributed by atoms with Gasteiger partial charge in [-0.1, -0.05) is 19.3 Å². The van der Waals surface area contributed by atoms with Crippen LogP contribution in [0.5, 0.6) is 0 Å². The highest BCUT2D eigenvalue weighted by Crippen LogP contribution is 2.30. The summed E-state index contributed by atoms with van der Waals surface area (Å²) in [5.74, 6) is -0.185. The minimum atomic E-state index is -0.966. The van der Waals surface area contributed by atoms with Gasteiger partial charge in [-0.25, -0.2) is 9.59 Å².